The minimum atomic E-state index is 0.0159. The third kappa shape index (κ3) is 6.43. The number of halogens is 2. The third-order valence-electron chi connectivity index (χ3n) is 3.93. The maximum atomic E-state index is 6.03. The van der Waals surface area contributed by atoms with Crippen molar-refractivity contribution >= 4 is 35.2 Å². The Morgan fingerprint density at radius 2 is 1.54 bits per heavy atom. The molecule has 0 aliphatic carbocycles. The first-order valence-electron chi connectivity index (χ1n) is 8.79. The summed E-state index contributed by atoms with van der Waals surface area (Å²) >= 11 is 12.0. The van der Waals surface area contributed by atoms with Gasteiger partial charge in [-0.05, 0) is 48.4 Å². The van der Waals surface area contributed by atoms with Crippen LogP contribution in [0.4, 0.5) is 5.69 Å². The molecule has 0 saturated carbocycles. The van der Waals surface area contributed by atoms with Gasteiger partial charge in [-0.1, -0.05) is 56.1 Å². The Hall–Kier alpha value is -1.91. The molecular weight excluding hydrogens is 367 g/mol. The van der Waals surface area contributed by atoms with Gasteiger partial charge in [0.05, 0.1) is 12.1 Å². The monoisotopic (exact) mass is 394 g/mol. The average Bonchev–Trinajstić information content (AvgIpc) is 2.66. The molecule has 0 amide bonds. The van der Waals surface area contributed by atoms with E-state index in [0.29, 0.717) is 10.0 Å². The summed E-state index contributed by atoms with van der Waals surface area (Å²) < 4.78 is 0. The molecule has 3 N–H and O–H groups in total. The van der Waals surface area contributed by atoms with Gasteiger partial charge in [0.1, 0.15) is 6.34 Å². The summed E-state index contributed by atoms with van der Waals surface area (Å²) in [6.07, 6.45) is 2.20. The Balaban J connectivity index is 0.00000163. The summed E-state index contributed by atoms with van der Waals surface area (Å²) in [5.41, 5.74) is 7.58. The van der Waals surface area contributed by atoms with Gasteiger partial charge < -0.3 is 11.1 Å². The van der Waals surface area contributed by atoms with E-state index in [4.69, 9.17) is 28.9 Å². The first kappa shape index (κ1) is 22.1. The van der Waals surface area contributed by atoms with E-state index < -0.39 is 0 Å². The number of nitrogens with one attached hydrogen (secondary N) is 1. The normalized spacial score (nSPS) is 12.8. The highest BCUT2D eigenvalue weighted by atomic mass is 35.5. The molecule has 142 valence electrons. The van der Waals surface area contributed by atoms with Gasteiger partial charge in [-0.3, -0.25) is 5.01 Å². The maximum absolute atomic E-state index is 6.03. The third-order valence-corrected chi connectivity index (χ3v) is 4.43. The summed E-state index contributed by atoms with van der Waals surface area (Å²) in [7, 11) is 1.92. The zero-order chi connectivity index (χ0) is 19.5. The fourth-order valence-corrected chi connectivity index (χ4v) is 2.96. The lowest BCUT2D eigenvalue weighted by Crippen LogP contribution is -2.37. The summed E-state index contributed by atoms with van der Waals surface area (Å²) in [5.74, 6) is 0. The number of rotatable bonds is 7. The number of benzene rings is 2. The van der Waals surface area contributed by atoms with Crippen LogP contribution in [0.25, 0.3) is 0 Å². The lowest BCUT2D eigenvalue weighted by atomic mass is 9.96. The molecule has 0 heterocycles. The van der Waals surface area contributed by atoms with E-state index in [1.54, 1.807) is 0 Å². The van der Waals surface area contributed by atoms with Crippen molar-refractivity contribution in [2.24, 2.45) is 10.8 Å². The SMILES string of the molecule is CC.CCC(C(Nc1ccc(Cl)cc1)c1ccc(Cl)cc1)N(C)/N=C\N. The van der Waals surface area contributed by atoms with Gasteiger partial charge in [-0.2, -0.15) is 5.10 Å². The molecule has 0 radical (unpaired) electrons. The van der Waals surface area contributed by atoms with E-state index in [-0.39, 0.29) is 12.1 Å². The predicted molar refractivity (Wildman–Crippen MR) is 115 cm³/mol. The maximum Gasteiger partial charge on any atom is 0.106 e. The molecule has 0 fully saturated rings. The smallest absolute Gasteiger partial charge is 0.106 e. The molecule has 0 aromatic heterocycles. The topological polar surface area (TPSA) is 53.6 Å². The Morgan fingerprint density at radius 3 is 2.00 bits per heavy atom. The number of nitrogens with two attached hydrogens (primary N) is 1. The predicted octanol–water partition coefficient (Wildman–Crippen LogP) is 5.79. The van der Waals surface area contributed by atoms with E-state index in [2.05, 4.69) is 17.3 Å². The van der Waals surface area contributed by atoms with Crippen LogP contribution in [0.2, 0.25) is 10.0 Å². The second-order valence-electron chi connectivity index (χ2n) is 5.49. The molecule has 0 bridgehead atoms. The highest BCUT2D eigenvalue weighted by Gasteiger charge is 2.25. The van der Waals surface area contributed by atoms with Crippen LogP contribution in [-0.4, -0.2) is 24.4 Å². The molecule has 2 atom stereocenters. The largest absolute Gasteiger partial charge is 0.388 e. The lowest BCUT2D eigenvalue weighted by Gasteiger charge is -2.33. The molecule has 0 aliphatic rings. The number of hydrogen-bond donors (Lipinski definition) is 2. The number of hydrazone groups is 1. The summed E-state index contributed by atoms with van der Waals surface area (Å²) in [6, 6.07) is 15.6. The fourth-order valence-electron chi connectivity index (χ4n) is 2.70. The van der Waals surface area contributed by atoms with Crippen LogP contribution in [0.3, 0.4) is 0 Å². The van der Waals surface area contributed by atoms with Gasteiger partial charge in [0, 0.05) is 22.8 Å². The second kappa shape index (κ2) is 11.7. The fraction of sp³-hybridized carbons (Fsp3) is 0.350. The molecule has 2 rings (SSSR count). The molecule has 26 heavy (non-hydrogen) atoms. The van der Waals surface area contributed by atoms with Gasteiger partial charge >= 0.3 is 0 Å². The van der Waals surface area contributed by atoms with Crippen LogP contribution in [-0.2, 0) is 0 Å². The van der Waals surface area contributed by atoms with Crippen LogP contribution < -0.4 is 11.1 Å². The number of likely N-dealkylation sites (N-methyl/N-ethyl adjacent to an activating group) is 1. The van der Waals surface area contributed by atoms with Crippen LogP contribution in [0.1, 0.15) is 38.8 Å². The van der Waals surface area contributed by atoms with Crippen molar-refractivity contribution in [3.05, 3.63) is 64.1 Å². The van der Waals surface area contributed by atoms with Crippen molar-refractivity contribution in [3.8, 4) is 0 Å². The van der Waals surface area contributed by atoms with E-state index >= 15 is 0 Å². The summed E-state index contributed by atoms with van der Waals surface area (Å²) in [6.45, 7) is 6.12. The molecule has 2 aromatic carbocycles. The number of hydrogen-bond acceptors (Lipinski definition) is 3. The van der Waals surface area contributed by atoms with E-state index in [1.165, 1.54) is 6.34 Å². The van der Waals surface area contributed by atoms with Crippen LogP contribution >= 0.6 is 23.2 Å². The number of anilines is 1. The molecule has 2 aromatic rings. The van der Waals surface area contributed by atoms with Crippen LogP contribution in [0.15, 0.2) is 53.6 Å². The first-order chi connectivity index (χ1) is 12.5. The van der Waals surface area contributed by atoms with Crippen molar-refractivity contribution in [2.45, 2.75) is 39.3 Å². The molecule has 6 heteroatoms. The van der Waals surface area contributed by atoms with E-state index in [9.17, 15) is 0 Å². The molecule has 0 spiro atoms. The molecule has 2 unspecified atom stereocenters. The van der Waals surface area contributed by atoms with Crippen molar-refractivity contribution in [1.82, 2.24) is 5.01 Å². The summed E-state index contributed by atoms with van der Waals surface area (Å²) in [5, 5.41) is 11.1. The number of nitrogens with zero attached hydrogens (tertiary/aromatic N) is 2. The highest BCUT2D eigenvalue weighted by molar-refractivity contribution is 6.30. The van der Waals surface area contributed by atoms with Gasteiger partial charge in [0.15, 0.2) is 0 Å². The Morgan fingerprint density at radius 1 is 1.04 bits per heavy atom. The van der Waals surface area contributed by atoms with Crippen LogP contribution in [0.5, 0.6) is 0 Å². The minimum Gasteiger partial charge on any atom is -0.388 e. The van der Waals surface area contributed by atoms with Gasteiger partial charge in [0.25, 0.3) is 0 Å². The van der Waals surface area contributed by atoms with Gasteiger partial charge in [-0.25, -0.2) is 0 Å². The van der Waals surface area contributed by atoms with E-state index in [1.807, 2.05) is 74.4 Å². The zero-order valence-corrected chi connectivity index (χ0v) is 17.3. The van der Waals surface area contributed by atoms with Crippen molar-refractivity contribution in [1.29, 1.82) is 0 Å². The first-order valence-corrected chi connectivity index (χ1v) is 9.55. The Bertz CT molecular complexity index is 657. The van der Waals surface area contributed by atoms with Crippen LogP contribution in [0, 0.1) is 0 Å². The zero-order valence-electron chi connectivity index (χ0n) is 15.8. The van der Waals surface area contributed by atoms with Gasteiger partial charge in [0.2, 0.25) is 0 Å². The highest BCUT2D eigenvalue weighted by Crippen LogP contribution is 2.29. The van der Waals surface area contributed by atoms with Crippen molar-refractivity contribution < 1.29 is 0 Å². The van der Waals surface area contributed by atoms with Gasteiger partial charge in [-0.15, -0.1) is 0 Å². The molecule has 0 saturated heterocycles. The quantitative estimate of drug-likeness (QED) is 0.355. The van der Waals surface area contributed by atoms with E-state index in [0.717, 1.165) is 17.7 Å². The Labute approximate surface area is 167 Å². The molecular formula is C20H28Cl2N4. The summed E-state index contributed by atoms with van der Waals surface area (Å²) in [4.78, 5) is 0. The lowest BCUT2D eigenvalue weighted by molar-refractivity contribution is 0.222. The molecule has 4 nitrogen and oxygen atoms in total. The molecule has 0 aliphatic heterocycles. The Kier molecular flexibility index (Phi) is 9.92. The average molecular weight is 395 g/mol. The van der Waals surface area contributed by atoms with Crippen molar-refractivity contribution in [3.63, 3.8) is 0 Å². The second-order valence-corrected chi connectivity index (χ2v) is 6.37. The minimum absolute atomic E-state index is 0.0159. The standard InChI is InChI=1S/C18H22Cl2N4.C2H6/c1-3-17(24(2)22-12-21)18(13-4-6-14(19)7-5-13)23-16-10-8-15(20)9-11-16;1-2/h4-12,17-18,23H,3H2,1-2H3,(H2,21,22);1-2H3. The van der Waals surface area contributed by atoms with Crippen molar-refractivity contribution in [2.75, 3.05) is 12.4 Å².